The zero-order valence-electron chi connectivity index (χ0n) is 9.83. The Labute approximate surface area is 105 Å². The third-order valence-electron chi connectivity index (χ3n) is 2.94. The molecule has 2 aliphatic heterocycles. The predicted octanol–water partition coefficient (Wildman–Crippen LogP) is 2.71. The number of benzene rings is 1. The number of carbonyl (C=O) groups excluding carboxylic acids is 1. The molecule has 0 spiro atoms. The Hall–Kier alpha value is -1.42. The lowest BCUT2D eigenvalue weighted by molar-refractivity contribution is -0.118. The molecular formula is C13H14N2OS. The van der Waals surface area contributed by atoms with Gasteiger partial charge in [-0.15, -0.1) is 0 Å². The summed E-state index contributed by atoms with van der Waals surface area (Å²) in [7, 11) is 0. The van der Waals surface area contributed by atoms with Gasteiger partial charge in [-0.3, -0.25) is 4.79 Å². The summed E-state index contributed by atoms with van der Waals surface area (Å²) in [4.78, 5) is 13.9. The third kappa shape index (κ3) is 1.82. The van der Waals surface area contributed by atoms with Crippen molar-refractivity contribution in [2.45, 2.75) is 30.7 Å². The second-order valence-corrected chi connectivity index (χ2v) is 6.10. The van der Waals surface area contributed by atoms with Gasteiger partial charge in [-0.25, -0.2) is 0 Å². The van der Waals surface area contributed by atoms with Crippen LogP contribution in [0.1, 0.15) is 20.3 Å². The maximum Gasteiger partial charge on any atom is 0.260 e. The van der Waals surface area contributed by atoms with Crippen LogP contribution < -0.4 is 10.6 Å². The van der Waals surface area contributed by atoms with Gasteiger partial charge in [0.25, 0.3) is 5.91 Å². The highest BCUT2D eigenvalue weighted by Gasteiger charge is 2.34. The van der Waals surface area contributed by atoms with Gasteiger partial charge in [0.05, 0.1) is 10.6 Å². The maximum atomic E-state index is 12.0. The molecule has 2 N–H and O–H groups in total. The number of hydrogen-bond acceptors (Lipinski definition) is 3. The van der Waals surface area contributed by atoms with Crippen LogP contribution in [0.4, 0.5) is 5.69 Å². The summed E-state index contributed by atoms with van der Waals surface area (Å²) in [6, 6.07) is 8.07. The standard InChI is InChI=1S/C13H14N2OS/c1-13(2)7-9-11(12(16)15-13)17-10-6-4-3-5-8(10)14-9/h3-6,14H,7H2,1-2H3,(H,15,16). The van der Waals surface area contributed by atoms with E-state index in [2.05, 4.69) is 10.6 Å². The van der Waals surface area contributed by atoms with E-state index in [1.165, 1.54) is 0 Å². The fraction of sp³-hybridized carbons (Fsp3) is 0.308. The second-order valence-electron chi connectivity index (χ2n) is 5.05. The summed E-state index contributed by atoms with van der Waals surface area (Å²) in [5, 5.41) is 6.41. The fourth-order valence-corrected chi connectivity index (χ4v) is 3.19. The van der Waals surface area contributed by atoms with Crippen molar-refractivity contribution >= 4 is 23.4 Å². The lowest BCUT2D eigenvalue weighted by atomic mass is 9.94. The molecule has 0 unspecified atom stereocenters. The molecule has 17 heavy (non-hydrogen) atoms. The first-order valence-corrected chi connectivity index (χ1v) is 6.46. The van der Waals surface area contributed by atoms with Crippen LogP contribution in [-0.4, -0.2) is 11.4 Å². The zero-order chi connectivity index (χ0) is 12.0. The summed E-state index contributed by atoms with van der Waals surface area (Å²) in [6.45, 7) is 4.09. The number of fused-ring (bicyclic) bond motifs is 1. The Bertz CT molecular complexity index is 534. The van der Waals surface area contributed by atoms with Crippen LogP contribution in [0.2, 0.25) is 0 Å². The van der Waals surface area contributed by atoms with Crippen molar-refractivity contribution in [3.8, 4) is 0 Å². The predicted molar refractivity (Wildman–Crippen MR) is 69.8 cm³/mol. The minimum Gasteiger partial charge on any atom is -0.357 e. The van der Waals surface area contributed by atoms with E-state index >= 15 is 0 Å². The van der Waals surface area contributed by atoms with Crippen LogP contribution in [0.5, 0.6) is 0 Å². The Morgan fingerprint density at radius 1 is 1.29 bits per heavy atom. The van der Waals surface area contributed by atoms with Crippen LogP contribution in [0.15, 0.2) is 39.8 Å². The number of anilines is 1. The van der Waals surface area contributed by atoms with Gasteiger partial charge in [-0.05, 0) is 26.0 Å². The molecule has 0 saturated carbocycles. The average Bonchev–Trinajstić information content (AvgIpc) is 2.25. The van der Waals surface area contributed by atoms with Crippen LogP contribution in [0.25, 0.3) is 0 Å². The molecule has 0 aliphatic carbocycles. The highest BCUT2D eigenvalue weighted by atomic mass is 32.2. The summed E-state index contributed by atoms with van der Waals surface area (Å²) in [5.41, 5.74) is 1.97. The summed E-state index contributed by atoms with van der Waals surface area (Å²) < 4.78 is 0. The van der Waals surface area contributed by atoms with Crippen LogP contribution >= 0.6 is 11.8 Å². The monoisotopic (exact) mass is 246 g/mol. The van der Waals surface area contributed by atoms with Gasteiger partial charge in [0.15, 0.2) is 0 Å². The van der Waals surface area contributed by atoms with Gasteiger partial charge < -0.3 is 10.6 Å². The van der Waals surface area contributed by atoms with Crippen LogP contribution in [0.3, 0.4) is 0 Å². The van der Waals surface area contributed by atoms with Gasteiger partial charge in [0.1, 0.15) is 0 Å². The zero-order valence-corrected chi connectivity index (χ0v) is 10.6. The van der Waals surface area contributed by atoms with Crippen LogP contribution in [0, 0.1) is 0 Å². The largest absolute Gasteiger partial charge is 0.357 e. The van der Waals surface area contributed by atoms with E-state index in [9.17, 15) is 4.79 Å². The molecule has 0 bridgehead atoms. The molecule has 0 atom stereocenters. The SMILES string of the molecule is CC1(C)CC2=C(Sc3ccccc3N2)C(=O)N1. The molecular weight excluding hydrogens is 232 g/mol. The highest BCUT2D eigenvalue weighted by molar-refractivity contribution is 8.04. The first-order chi connectivity index (χ1) is 8.05. The van der Waals surface area contributed by atoms with Crippen molar-refractivity contribution in [2.75, 3.05) is 5.32 Å². The number of carbonyl (C=O) groups is 1. The maximum absolute atomic E-state index is 12.0. The lowest BCUT2D eigenvalue weighted by Gasteiger charge is -2.36. The van der Waals surface area contributed by atoms with Gasteiger partial charge in [0.2, 0.25) is 0 Å². The minimum atomic E-state index is -0.171. The molecule has 3 rings (SSSR count). The number of nitrogens with one attached hydrogen (secondary N) is 2. The van der Waals surface area contributed by atoms with Crippen molar-refractivity contribution in [2.24, 2.45) is 0 Å². The number of thioether (sulfide) groups is 1. The second kappa shape index (κ2) is 3.53. The molecule has 3 nitrogen and oxygen atoms in total. The van der Waals surface area contributed by atoms with Crippen molar-refractivity contribution in [3.05, 3.63) is 34.9 Å². The van der Waals surface area contributed by atoms with E-state index in [4.69, 9.17) is 0 Å². The first-order valence-electron chi connectivity index (χ1n) is 5.65. The molecule has 0 radical (unpaired) electrons. The molecule has 1 aromatic carbocycles. The summed E-state index contributed by atoms with van der Waals surface area (Å²) in [6.07, 6.45) is 0.843. The van der Waals surface area contributed by atoms with Gasteiger partial charge in [0, 0.05) is 22.6 Å². The molecule has 2 aliphatic rings. The Morgan fingerprint density at radius 2 is 2.06 bits per heavy atom. The molecule has 0 saturated heterocycles. The number of rotatable bonds is 0. The van der Waals surface area contributed by atoms with Gasteiger partial charge >= 0.3 is 0 Å². The Morgan fingerprint density at radius 3 is 2.88 bits per heavy atom. The van der Waals surface area contributed by atoms with E-state index in [1.807, 2.05) is 38.1 Å². The van der Waals surface area contributed by atoms with Gasteiger partial charge in [-0.1, -0.05) is 23.9 Å². The van der Waals surface area contributed by atoms with Crippen molar-refractivity contribution in [1.29, 1.82) is 0 Å². The number of hydrogen-bond donors (Lipinski definition) is 2. The highest BCUT2D eigenvalue weighted by Crippen LogP contribution is 2.43. The van der Waals surface area contributed by atoms with E-state index in [0.29, 0.717) is 0 Å². The van der Waals surface area contributed by atoms with E-state index < -0.39 is 0 Å². The quantitative estimate of drug-likeness (QED) is 0.739. The van der Waals surface area contributed by atoms with E-state index in [-0.39, 0.29) is 11.4 Å². The molecule has 2 heterocycles. The molecule has 88 valence electrons. The third-order valence-corrected chi connectivity index (χ3v) is 4.15. The number of para-hydroxylation sites is 1. The smallest absolute Gasteiger partial charge is 0.260 e. The fourth-order valence-electron chi connectivity index (χ4n) is 2.21. The van der Waals surface area contributed by atoms with E-state index in [1.54, 1.807) is 11.8 Å². The molecule has 0 aromatic heterocycles. The molecule has 1 aromatic rings. The Kier molecular flexibility index (Phi) is 2.23. The Balaban J connectivity index is 2.02. The molecule has 1 amide bonds. The molecule has 0 fully saturated rings. The number of amides is 1. The minimum absolute atomic E-state index is 0.0308. The average molecular weight is 246 g/mol. The van der Waals surface area contributed by atoms with Gasteiger partial charge in [-0.2, -0.15) is 0 Å². The van der Waals surface area contributed by atoms with Crippen molar-refractivity contribution in [3.63, 3.8) is 0 Å². The lowest BCUT2D eigenvalue weighted by Crippen LogP contribution is -2.48. The topological polar surface area (TPSA) is 41.1 Å². The van der Waals surface area contributed by atoms with Crippen molar-refractivity contribution in [1.82, 2.24) is 5.32 Å². The normalized spacial score (nSPS) is 21.2. The van der Waals surface area contributed by atoms with Crippen molar-refractivity contribution < 1.29 is 4.79 Å². The first kappa shape index (κ1) is 10.7. The van der Waals surface area contributed by atoms with E-state index in [0.717, 1.165) is 27.6 Å². The van der Waals surface area contributed by atoms with Crippen LogP contribution in [-0.2, 0) is 4.79 Å². The summed E-state index contributed by atoms with van der Waals surface area (Å²) in [5.74, 6) is 0.0308. The summed E-state index contributed by atoms with van der Waals surface area (Å²) >= 11 is 1.55. The molecule has 4 heteroatoms.